The minimum Gasteiger partial charge on any atom is -0.341 e. The molecule has 0 saturated carbocycles. The van der Waals surface area contributed by atoms with E-state index in [0.717, 1.165) is 31.4 Å². The summed E-state index contributed by atoms with van der Waals surface area (Å²) in [6.45, 7) is 1.25. The van der Waals surface area contributed by atoms with Gasteiger partial charge in [-0.05, 0) is 19.1 Å². The normalized spacial score (nSPS) is 21.5. The first-order valence-corrected chi connectivity index (χ1v) is 8.95. The summed E-state index contributed by atoms with van der Waals surface area (Å²) in [4.78, 5) is 13.6. The topological polar surface area (TPSA) is 66.5 Å². The number of hydrogen-bond acceptors (Lipinski definition) is 4. The van der Waals surface area contributed by atoms with Gasteiger partial charge in [0.2, 0.25) is 15.9 Å². The van der Waals surface area contributed by atoms with Crippen LogP contribution in [0.2, 0.25) is 0 Å². The minimum absolute atomic E-state index is 0.124. The second-order valence-electron chi connectivity index (χ2n) is 4.31. The number of amides is 1. The summed E-state index contributed by atoms with van der Waals surface area (Å²) >= 11 is 1.65. The van der Waals surface area contributed by atoms with E-state index in [2.05, 4.69) is 4.72 Å². The number of nitrogens with one attached hydrogen (secondary N) is 1. The lowest BCUT2D eigenvalue weighted by atomic mass is 10.1. The number of sulfonamides is 1. The van der Waals surface area contributed by atoms with Crippen molar-refractivity contribution in [1.82, 2.24) is 9.62 Å². The zero-order chi connectivity index (χ0) is 12.9. The third kappa shape index (κ3) is 5.74. The van der Waals surface area contributed by atoms with Crippen molar-refractivity contribution < 1.29 is 13.2 Å². The molecule has 0 aliphatic carbocycles. The maximum atomic E-state index is 11.8. The Morgan fingerprint density at radius 3 is 2.82 bits per heavy atom. The zero-order valence-electron chi connectivity index (χ0n) is 10.3. The van der Waals surface area contributed by atoms with Crippen LogP contribution in [0.1, 0.15) is 19.3 Å². The van der Waals surface area contributed by atoms with Gasteiger partial charge in [-0.15, -0.1) is 0 Å². The van der Waals surface area contributed by atoms with Crippen LogP contribution in [0.15, 0.2) is 0 Å². The fraction of sp³-hybridized carbons (Fsp3) is 0.900. The van der Waals surface area contributed by atoms with Crippen LogP contribution in [0.3, 0.4) is 0 Å². The molecule has 7 heteroatoms. The number of nitrogens with zero attached hydrogens (tertiary/aromatic N) is 1. The second-order valence-corrected chi connectivity index (χ2v) is 7.08. The van der Waals surface area contributed by atoms with Crippen LogP contribution < -0.4 is 4.72 Å². The Morgan fingerprint density at radius 2 is 2.24 bits per heavy atom. The van der Waals surface area contributed by atoms with E-state index in [1.165, 1.54) is 0 Å². The molecular weight excluding hydrogens is 260 g/mol. The Hall–Kier alpha value is -0.270. The Kier molecular flexibility index (Phi) is 5.75. The standard InChI is InChI=1S/C10H20N2O3S2/c1-16-7-5-10(13)12-6-3-4-9(8-12)11-17(2,14)15/h9,11H,3-8H2,1-2H3. The van der Waals surface area contributed by atoms with Crippen molar-refractivity contribution in [2.45, 2.75) is 25.3 Å². The maximum Gasteiger partial charge on any atom is 0.223 e. The molecule has 1 N–H and O–H groups in total. The number of hydrogen-bond donors (Lipinski definition) is 1. The highest BCUT2D eigenvalue weighted by Crippen LogP contribution is 2.12. The van der Waals surface area contributed by atoms with Crippen molar-refractivity contribution in [2.24, 2.45) is 0 Å². The van der Waals surface area contributed by atoms with Gasteiger partial charge in [-0.2, -0.15) is 11.8 Å². The summed E-state index contributed by atoms with van der Waals surface area (Å²) in [6, 6.07) is -0.128. The highest BCUT2D eigenvalue weighted by atomic mass is 32.2. The molecule has 0 aromatic heterocycles. The third-order valence-electron chi connectivity index (χ3n) is 2.67. The van der Waals surface area contributed by atoms with Gasteiger partial charge in [0.05, 0.1) is 6.26 Å². The van der Waals surface area contributed by atoms with E-state index >= 15 is 0 Å². The van der Waals surface area contributed by atoms with E-state index in [0.29, 0.717) is 13.0 Å². The van der Waals surface area contributed by atoms with Crippen LogP contribution in [-0.4, -0.2) is 56.6 Å². The summed E-state index contributed by atoms with van der Waals surface area (Å²) in [7, 11) is -3.18. The van der Waals surface area contributed by atoms with Crippen LogP contribution >= 0.6 is 11.8 Å². The van der Waals surface area contributed by atoms with Gasteiger partial charge in [0, 0.05) is 31.3 Å². The molecule has 17 heavy (non-hydrogen) atoms. The first kappa shape index (κ1) is 14.8. The van der Waals surface area contributed by atoms with Gasteiger partial charge < -0.3 is 4.90 Å². The first-order chi connectivity index (χ1) is 7.92. The lowest BCUT2D eigenvalue weighted by molar-refractivity contribution is -0.132. The van der Waals surface area contributed by atoms with Crippen molar-refractivity contribution in [3.05, 3.63) is 0 Å². The predicted octanol–water partition coefficient (Wildman–Crippen LogP) is 0.280. The molecule has 0 aromatic rings. The minimum atomic E-state index is -3.18. The molecule has 0 radical (unpaired) electrons. The molecule has 1 rings (SSSR count). The number of rotatable bonds is 5. The molecular formula is C10H20N2O3S2. The molecule has 1 amide bonds. The molecule has 1 saturated heterocycles. The molecule has 1 atom stereocenters. The number of likely N-dealkylation sites (tertiary alicyclic amines) is 1. The van der Waals surface area contributed by atoms with E-state index in [1.807, 2.05) is 6.26 Å². The van der Waals surface area contributed by atoms with Crippen LogP contribution in [0.4, 0.5) is 0 Å². The highest BCUT2D eigenvalue weighted by molar-refractivity contribution is 7.98. The van der Waals surface area contributed by atoms with Crippen molar-refractivity contribution in [2.75, 3.05) is 31.4 Å². The van der Waals surface area contributed by atoms with E-state index in [4.69, 9.17) is 0 Å². The molecule has 100 valence electrons. The molecule has 0 bridgehead atoms. The highest BCUT2D eigenvalue weighted by Gasteiger charge is 2.24. The molecule has 1 unspecified atom stereocenters. The summed E-state index contributed by atoms with van der Waals surface area (Å²) in [5, 5.41) is 0. The van der Waals surface area contributed by atoms with Crippen molar-refractivity contribution in [3.63, 3.8) is 0 Å². The number of carbonyl (C=O) groups is 1. The zero-order valence-corrected chi connectivity index (χ0v) is 11.9. The quantitative estimate of drug-likeness (QED) is 0.785. The van der Waals surface area contributed by atoms with Gasteiger partial charge in [-0.1, -0.05) is 0 Å². The smallest absolute Gasteiger partial charge is 0.223 e. The second kappa shape index (κ2) is 6.61. The van der Waals surface area contributed by atoms with Crippen LogP contribution in [-0.2, 0) is 14.8 Å². The lowest BCUT2D eigenvalue weighted by Crippen LogP contribution is -2.49. The summed E-state index contributed by atoms with van der Waals surface area (Å²) in [5.41, 5.74) is 0. The van der Waals surface area contributed by atoms with Gasteiger partial charge in [-0.25, -0.2) is 13.1 Å². The molecule has 1 aliphatic heterocycles. The largest absolute Gasteiger partial charge is 0.341 e. The molecule has 0 spiro atoms. The predicted molar refractivity (Wildman–Crippen MR) is 70.6 cm³/mol. The van der Waals surface area contributed by atoms with Gasteiger partial charge in [0.1, 0.15) is 0 Å². The van der Waals surface area contributed by atoms with E-state index < -0.39 is 10.0 Å². The summed E-state index contributed by atoms with van der Waals surface area (Å²) < 4.78 is 24.8. The first-order valence-electron chi connectivity index (χ1n) is 5.66. The fourth-order valence-electron chi connectivity index (χ4n) is 1.95. The number of piperidine rings is 1. The third-order valence-corrected chi connectivity index (χ3v) is 4.05. The van der Waals surface area contributed by atoms with Gasteiger partial charge in [0.25, 0.3) is 0 Å². The van der Waals surface area contributed by atoms with Gasteiger partial charge in [0.15, 0.2) is 0 Å². The average Bonchev–Trinajstić information content (AvgIpc) is 2.24. The van der Waals surface area contributed by atoms with Gasteiger partial charge >= 0.3 is 0 Å². The molecule has 1 heterocycles. The van der Waals surface area contributed by atoms with Crippen LogP contribution in [0.5, 0.6) is 0 Å². The lowest BCUT2D eigenvalue weighted by Gasteiger charge is -2.32. The fourth-order valence-corrected chi connectivity index (χ4v) is 3.13. The van der Waals surface area contributed by atoms with Crippen molar-refractivity contribution in [3.8, 4) is 0 Å². The molecule has 5 nitrogen and oxygen atoms in total. The van der Waals surface area contributed by atoms with Crippen molar-refractivity contribution >= 4 is 27.7 Å². The van der Waals surface area contributed by atoms with E-state index in [1.54, 1.807) is 16.7 Å². The van der Waals surface area contributed by atoms with Crippen LogP contribution in [0, 0.1) is 0 Å². The molecule has 1 fully saturated rings. The van der Waals surface area contributed by atoms with E-state index in [9.17, 15) is 13.2 Å². The monoisotopic (exact) mass is 280 g/mol. The SMILES string of the molecule is CSCCC(=O)N1CCCC(NS(C)(=O)=O)C1. The van der Waals surface area contributed by atoms with E-state index in [-0.39, 0.29) is 11.9 Å². The molecule has 0 aromatic carbocycles. The average molecular weight is 280 g/mol. The Balaban J connectivity index is 2.46. The Morgan fingerprint density at radius 1 is 1.53 bits per heavy atom. The summed E-state index contributed by atoms with van der Waals surface area (Å²) in [6.07, 6.45) is 5.32. The van der Waals surface area contributed by atoms with Gasteiger partial charge in [-0.3, -0.25) is 4.79 Å². The Bertz CT molecular complexity index is 357. The summed E-state index contributed by atoms with van der Waals surface area (Å²) in [5.74, 6) is 0.943. The maximum absolute atomic E-state index is 11.8. The molecule has 1 aliphatic rings. The van der Waals surface area contributed by atoms with Crippen molar-refractivity contribution in [1.29, 1.82) is 0 Å². The number of carbonyl (C=O) groups excluding carboxylic acids is 1. The van der Waals surface area contributed by atoms with Crippen LogP contribution in [0.25, 0.3) is 0 Å². The number of thioether (sulfide) groups is 1. The Labute approximate surface area is 107 Å².